The Morgan fingerprint density at radius 1 is 1.29 bits per heavy atom. The van der Waals surface area contributed by atoms with Gasteiger partial charge in [-0.3, -0.25) is 9.89 Å². The lowest BCUT2D eigenvalue weighted by molar-refractivity contribution is 0.102. The van der Waals surface area contributed by atoms with Crippen LogP contribution in [0.5, 0.6) is 5.75 Å². The summed E-state index contributed by atoms with van der Waals surface area (Å²) in [4.78, 5) is 12.3. The molecule has 0 spiro atoms. The van der Waals surface area contributed by atoms with E-state index in [4.69, 9.17) is 10.5 Å². The number of ether oxygens (including phenoxy) is 1. The number of rotatable bonds is 3. The maximum Gasteiger partial charge on any atom is 0.257 e. The molecule has 0 atom stereocenters. The van der Waals surface area contributed by atoms with Gasteiger partial charge < -0.3 is 15.8 Å². The number of nitrogens with one attached hydrogen (secondary N) is 2. The van der Waals surface area contributed by atoms with E-state index in [0.717, 1.165) is 10.9 Å². The number of H-pyrrole nitrogens is 1. The normalized spacial score (nSPS) is 10.5. The Kier molecular flexibility index (Phi) is 3.19. The zero-order valence-electron chi connectivity index (χ0n) is 11.4. The van der Waals surface area contributed by atoms with Crippen molar-refractivity contribution in [1.29, 1.82) is 0 Å². The third-order valence-corrected chi connectivity index (χ3v) is 3.20. The minimum atomic E-state index is -0.269. The molecule has 0 radical (unpaired) electrons. The van der Waals surface area contributed by atoms with Gasteiger partial charge in [0, 0.05) is 22.8 Å². The van der Waals surface area contributed by atoms with Crippen LogP contribution in [-0.4, -0.2) is 23.2 Å². The second-order valence-corrected chi connectivity index (χ2v) is 4.58. The molecule has 106 valence electrons. The number of methoxy groups -OCH3 is 1. The molecule has 0 saturated carbocycles. The van der Waals surface area contributed by atoms with Gasteiger partial charge >= 0.3 is 0 Å². The Balaban J connectivity index is 1.85. The minimum absolute atomic E-state index is 0.269. The van der Waals surface area contributed by atoms with Crippen molar-refractivity contribution < 1.29 is 9.53 Å². The molecule has 0 bridgehead atoms. The van der Waals surface area contributed by atoms with Crippen molar-refractivity contribution in [2.45, 2.75) is 0 Å². The molecule has 0 unspecified atom stereocenters. The second-order valence-electron chi connectivity index (χ2n) is 4.58. The molecule has 3 rings (SSSR count). The lowest BCUT2D eigenvalue weighted by Crippen LogP contribution is -2.14. The van der Waals surface area contributed by atoms with Crippen LogP contribution in [0.15, 0.2) is 42.6 Å². The summed E-state index contributed by atoms with van der Waals surface area (Å²) in [6.45, 7) is 0. The van der Waals surface area contributed by atoms with Crippen LogP contribution in [0.3, 0.4) is 0 Å². The molecule has 0 fully saturated rings. The molecular formula is C15H14N4O2. The highest BCUT2D eigenvalue weighted by Gasteiger charge is 2.11. The summed E-state index contributed by atoms with van der Waals surface area (Å²) in [5.41, 5.74) is 8.17. The Labute approximate surface area is 120 Å². The largest absolute Gasteiger partial charge is 0.497 e. The SMILES string of the molecule is COc1ccc(C(=O)Nc2ccc3cn[nH]c3c2)c(N)c1. The van der Waals surface area contributed by atoms with E-state index in [-0.39, 0.29) is 5.91 Å². The molecule has 1 amide bonds. The molecule has 1 heterocycles. The summed E-state index contributed by atoms with van der Waals surface area (Å²) < 4.78 is 5.06. The lowest BCUT2D eigenvalue weighted by atomic mass is 10.1. The number of nitrogens with zero attached hydrogens (tertiary/aromatic N) is 1. The number of aromatic nitrogens is 2. The van der Waals surface area contributed by atoms with Gasteiger partial charge in [0.05, 0.1) is 24.4 Å². The van der Waals surface area contributed by atoms with Crippen molar-refractivity contribution in [1.82, 2.24) is 10.2 Å². The van der Waals surface area contributed by atoms with Crippen LogP contribution >= 0.6 is 0 Å². The van der Waals surface area contributed by atoms with Crippen LogP contribution in [0.4, 0.5) is 11.4 Å². The number of fused-ring (bicyclic) bond motifs is 1. The number of carbonyl (C=O) groups excluding carboxylic acids is 1. The van der Waals surface area contributed by atoms with Crippen molar-refractivity contribution in [3.63, 3.8) is 0 Å². The fourth-order valence-corrected chi connectivity index (χ4v) is 2.09. The van der Waals surface area contributed by atoms with Crippen molar-refractivity contribution in [3.05, 3.63) is 48.2 Å². The maximum atomic E-state index is 12.3. The Hall–Kier alpha value is -3.02. The van der Waals surface area contributed by atoms with Gasteiger partial charge in [-0.2, -0.15) is 5.10 Å². The zero-order chi connectivity index (χ0) is 14.8. The van der Waals surface area contributed by atoms with Gasteiger partial charge in [0.25, 0.3) is 5.91 Å². The van der Waals surface area contributed by atoms with Gasteiger partial charge in [0.1, 0.15) is 5.75 Å². The molecule has 2 aromatic carbocycles. The molecule has 0 aliphatic carbocycles. The van der Waals surface area contributed by atoms with Crippen molar-refractivity contribution >= 4 is 28.2 Å². The number of aromatic amines is 1. The average molecular weight is 282 g/mol. The molecule has 0 saturated heterocycles. The predicted octanol–water partition coefficient (Wildman–Crippen LogP) is 2.41. The van der Waals surface area contributed by atoms with Crippen LogP contribution in [-0.2, 0) is 0 Å². The van der Waals surface area contributed by atoms with E-state index in [1.54, 1.807) is 31.5 Å². The Morgan fingerprint density at radius 2 is 2.14 bits per heavy atom. The third kappa shape index (κ3) is 2.51. The van der Waals surface area contributed by atoms with Gasteiger partial charge in [-0.15, -0.1) is 0 Å². The Morgan fingerprint density at radius 3 is 2.90 bits per heavy atom. The topological polar surface area (TPSA) is 93.0 Å². The van der Waals surface area contributed by atoms with Crippen LogP contribution in [0.25, 0.3) is 10.9 Å². The highest BCUT2D eigenvalue weighted by atomic mass is 16.5. The van der Waals surface area contributed by atoms with E-state index in [1.165, 1.54) is 0 Å². The monoisotopic (exact) mass is 282 g/mol. The van der Waals surface area contributed by atoms with E-state index in [2.05, 4.69) is 15.5 Å². The third-order valence-electron chi connectivity index (χ3n) is 3.20. The fraction of sp³-hybridized carbons (Fsp3) is 0.0667. The lowest BCUT2D eigenvalue weighted by Gasteiger charge is -2.09. The molecule has 6 nitrogen and oxygen atoms in total. The first-order valence-electron chi connectivity index (χ1n) is 6.35. The van der Waals surface area contributed by atoms with Crippen LogP contribution < -0.4 is 15.8 Å². The number of hydrogen-bond acceptors (Lipinski definition) is 4. The average Bonchev–Trinajstić information content (AvgIpc) is 2.94. The Bertz CT molecular complexity index is 810. The van der Waals surface area contributed by atoms with E-state index in [1.807, 2.05) is 18.2 Å². The predicted molar refractivity (Wildman–Crippen MR) is 81.5 cm³/mol. The van der Waals surface area contributed by atoms with Crippen LogP contribution in [0.2, 0.25) is 0 Å². The summed E-state index contributed by atoms with van der Waals surface area (Å²) in [5.74, 6) is 0.344. The van der Waals surface area contributed by atoms with Crippen LogP contribution in [0.1, 0.15) is 10.4 Å². The quantitative estimate of drug-likeness (QED) is 0.643. The molecular weight excluding hydrogens is 268 g/mol. The first-order valence-corrected chi connectivity index (χ1v) is 6.35. The minimum Gasteiger partial charge on any atom is -0.497 e. The number of anilines is 2. The molecule has 0 aliphatic heterocycles. The molecule has 21 heavy (non-hydrogen) atoms. The number of nitrogen functional groups attached to an aromatic ring is 1. The smallest absolute Gasteiger partial charge is 0.257 e. The van der Waals surface area contributed by atoms with E-state index in [9.17, 15) is 4.79 Å². The van der Waals surface area contributed by atoms with E-state index in [0.29, 0.717) is 22.7 Å². The first-order chi connectivity index (χ1) is 10.2. The van der Waals surface area contributed by atoms with Gasteiger partial charge in [0.2, 0.25) is 0 Å². The van der Waals surface area contributed by atoms with Crippen LogP contribution in [0, 0.1) is 0 Å². The number of hydrogen-bond donors (Lipinski definition) is 3. The fourth-order valence-electron chi connectivity index (χ4n) is 2.09. The second kappa shape index (κ2) is 5.16. The van der Waals surface area contributed by atoms with E-state index < -0.39 is 0 Å². The molecule has 0 aliphatic rings. The van der Waals surface area contributed by atoms with Crippen molar-refractivity contribution in [3.8, 4) is 5.75 Å². The van der Waals surface area contributed by atoms with Gasteiger partial charge in [0.15, 0.2) is 0 Å². The van der Waals surface area contributed by atoms with Gasteiger partial charge in [-0.05, 0) is 30.3 Å². The maximum absolute atomic E-state index is 12.3. The number of nitrogens with two attached hydrogens (primary N) is 1. The highest BCUT2D eigenvalue weighted by molar-refractivity contribution is 6.08. The van der Waals surface area contributed by atoms with Gasteiger partial charge in [-0.1, -0.05) is 0 Å². The molecule has 3 aromatic rings. The first kappa shape index (κ1) is 13.0. The zero-order valence-corrected chi connectivity index (χ0v) is 11.4. The number of carbonyl (C=O) groups is 1. The summed E-state index contributed by atoms with van der Waals surface area (Å²) in [7, 11) is 1.55. The summed E-state index contributed by atoms with van der Waals surface area (Å²) in [6, 6.07) is 10.5. The molecule has 1 aromatic heterocycles. The van der Waals surface area contributed by atoms with Crippen molar-refractivity contribution in [2.24, 2.45) is 0 Å². The van der Waals surface area contributed by atoms with Gasteiger partial charge in [-0.25, -0.2) is 0 Å². The molecule has 6 heteroatoms. The van der Waals surface area contributed by atoms with Crippen molar-refractivity contribution in [2.75, 3.05) is 18.2 Å². The summed E-state index contributed by atoms with van der Waals surface area (Å²) >= 11 is 0. The standard InChI is InChI=1S/C15H14N4O2/c1-21-11-4-5-12(13(16)7-11)15(20)18-10-3-2-9-8-17-19-14(9)6-10/h2-8H,16H2,1H3,(H,17,19)(H,18,20). The number of benzene rings is 2. The van der Waals surface area contributed by atoms with E-state index >= 15 is 0 Å². The number of amides is 1. The summed E-state index contributed by atoms with van der Waals surface area (Å²) in [5, 5.41) is 10.6. The summed E-state index contributed by atoms with van der Waals surface area (Å²) in [6.07, 6.45) is 1.72. The highest BCUT2D eigenvalue weighted by Crippen LogP contribution is 2.22. The molecule has 4 N–H and O–H groups in total.